The predicted octanol–water partition coefficient (Wildman–Crippen LogP) is 3.76. The Bertz CT molecular complexity index is 202. The van der Waals surface area contributed by atoms with Crippen LogP contribution in [0, 0.1) is 17.8 Å². The van der Waals surface area contributed by atoms with Crippen LogP contribution >= 0.6 is 38.5 Å². The second kappa shape index (κ2) is 2.62. The van der Waals surface area contributed by atoms with Crippen LogP contribution in [0.2, 0.25) is 0 Å². The minimum absolute atomic E-state index is 0.645. The van der Waals surface area contributed by atoms with E-state index >= 15 is 0 Å². The van der Waals surface area contributed by atoms with Gasteiger partial charge in [0.25, 0.3) is 0 Å². The zero-order valence-corrected chi connectivity index (χ0v) is 10.8. The van der Waals surface area contributed by atoms with Crippen molar-refractivity contribution >= 4 is 38.5 Å². The summed E-state index contributed by atoms with van der Waals surface area (Å²) in [4.78, 5) is 0.832. The first-order valence-electron chi connectivity index (χ1n) is 5.00. The van der Waals surface area contributed by atoms with Crippen LogP contribution < -0.4 is 0 Å². The molecular formula is C10H14BrI. The summed E-state index contributed by atoms with van der Waals surface area (Å²) >= 11 is 6.67. The molecule has 0 nitrogen and oxygen atoms in total. The maximum Gasteiger partial charge on any atom is 0.0355 e. The van der Waals surface area contributed by atoms with Gasteiger partial charge < -0.3 is 0 Å². The van der Waals surface area contributed by atoms with Crippen molar-refractivity contribution in [1.82, 2.24) is 0 Å². The van der Waals surface area contributed by atoms with Gasteiger partial charge in [0.1, 0.15) is 0 Å². The quantitative estimate of drug-likeness (QED) is 0.465. The molecular weight excluding hydrogens is 327 g/mol. The van der Waals surface area contributed by atoms with Gasteiger partial charge in [-0.15, -0.1) is 0 Å². The Morgan fingerprint density at radius 1 is 1.08 bits per heavy atom. The van der Waals surface area contributed by atoms with Crippen LogP contribution in [-0.2, 0) is 0 Å². The Labute approximate surface area is 96.1 Å². The molecule has 3 unspecified atom stereocenters. The maximum atomic E-state index is 3.93. The topological polar surface area (TPSA) is 0 Å². The highest BCUT2D eigenvalue weighted by molar-refractivity contribution is 14.1. The number of rotatable bonds is 0. The molecule has 12 heavy (non-hydrogen) atoms. The average molecular weight is 341 g/mol. The second-order valence-corrected chi connectivity index (χ2v) is 8.18. The fourth-order valence-corrected chi connectivity index (χ4v) is 6.44. The van der Waals surface area contributed by atoms with Crippen molar-refractivity contribution in [3.63, 3.8) is 0 Å². The molecule has 0 spiro atoms. The van der Waals surface area contributed by atoms with Gasteiger partial charge in [0.2, 0.25) is 0 Å². The van der Waals surface area contributed by atoms with Crippen molar-refractivity contribution in [2.75, 3.05) is 0 Å². The number of alkyl halides is 2. The molecule has 4 aliphatic rings. The fraction of sp³-hybridized carbons (Fsp3) is 1.00. The Kier molecular flexibility index (Phi) is 1.86. The summed E-state index contributed by atoms with van der Waals surface area (Å²) in [6.45, 7) is 0. The molecule has 0 amide bonds. The van der Waals surface area contributed by atoms with Crippen molar-refractivity contribution in [3.8, 4) is 0 Å². The molecule has 0 aliphatic heterocycles. The second-order valence-electron chi connectivity index (χ2n) is 5.04. The summed E-state index contributed by atoms with van der Waals surface area (Å²) in [5.41, 5.74) is 0. The standard InChI is InChI=1S/C10H14BrI/c11-9-8-2-6-1-7(3-8)5-10(9,12)4-6/h6-9H,1-5H2. The monoisotopic (exact) mass is 340 g/mol. The van der Waals surface area contributed by atoms with Crippen molar-refractivity contribution in [3.05, 3.63) is 0 Å². The van der Waals surface area contributed by atoms with Crippen molar-refractivity contribution in [2.24, 2.45) is 17.8 Å². The SMILES string of the molecule is BrC1C2CC3CC(C2)CC1(I)C3. The van der Waals surface area contributed by atoms with E-state index in [1.807, 2.05) is 0 Å². The average Bonchev–Trinajstić information content (AvgIpc) is 1.98. The molecule has 4 bridgehead atoms. The molecule has 68 valence electrons. The highest BCUT2D eigenvalue weighted by Crippen LogP contribution is 2.61. The van der Waals surface area contributed by atoms with Gasteiger partial charge in [-0.2, -0.15) is 0 Å². The van der Waals surface area contributed by atoms with Crippen molar-refractivity contribution in [2.45, 2.75) is 40.4 Å². The number of hydrogen-bond donors (Lipinski definition) is 0. The highest BCUT2D eigenvalue weighted by Gasteiger charge is 2.54. The molecule has 4 aliphatic carbocycles. The van der Waals surface area contributed by atoms with Crippen molar-refractivity contribution in [1.29, 1.82) is 0 Å². The van der Waals surface area contributed by atoms with Gasteiger partial charge in [-0.25, -0.2) is 0 Å². The zero-order chi connectivity index (χ0) is 8.34. The van der Waals surface area contributed by atoms with Crippen LogP contribution in [-0.4, -0.2) is 8.25 Å². The van der Waals surface area contributed by atoms with Crippen LogP contribution in [0.1, 0.15) is 32.1 Å². The first-order chi connectivity index (χ1) is 5.67. The van der Waals surface area contributed by atoms with Gasteiger partial charge in [0.05, 0.1) is 0 Å². The van der Waals surface area contributed by atoms with E-state index in [4.69, 9.17) is 0 Å². The van der Waals surface area contributed by atoms with Gasteiger partial charge in [-0.05, 0) is 49.9 Å². The van der Waals surface area contributed by atoms with Crippen LogP contribution in [0.5, 0.6) is 0 Å². The molecule has 0 aromatic rings. The predicted molar refractivity (Wildman–Crippen MR) is 63.0 cm³/mol. The van der Waals surface area contributed by atoms with E-state index in [9.17, 15) is 0 Å². The number of halogens is 2. The van der Waals surface area contributed by atoms with E-state index in [2.05, 4.69) is 38.5 Å². The van der Waals surface area contributed by atoms with E-state index in [-0.39, 0.29) is 0 Å². The third kappa shape index (κ3) is 1.06. The summed E-state index contributed by atoms with van der Waals surface area (Å²) in [5.74, 6) is 3.20. The van der Waals surface area contributed by atoms with Crippen LogP contribution in [0.4, 0.5) is 0 Å². The van der Waals surface area contributed by atoms with Crippen molar-refractivity contribution < 1.29 is 0 Å². The minimum atomic E-state index is 0.645. The lowest BCUT2D eigenvalue weighted by Gasteiger charge is -2.57. The lowest BCUT2D eigenvalue weighted by atomic mass is 9.56. The molecule has 4 rings (SSSR count). The normalized spacial score (nSPS) is 62.5. The summed E-state index contributed by atoms with van der Waals surface area (Å²) < 4.78 is 0.645. The van der Waals surface area contributed by atoms with Crippen LogP contribution in [0.15, 0.2) is 0 Å². The molecule has 4 saturated carbocycles. The number of hydrogen-bond acceptors (Lipinski definition) is 0. The molecule has 0 radical (unpaired) electrons. The third-order valence-corrected chi connectivity index (χ3v) is 8.13. The molecule has 0 aromatic carbocycles. The van der Waals surface area contributed by atoms with Gasteiger partial charge in [0, 0.05) is 8.25 Å². The molecule has 3 atom stereocenters. The summed E-state index contributed by atoms with van der Waals surface area (Å²) in [5, 5.41) is 0. The maximum absolute atomic E-state index is 3.93. The third-order valence-electron chi connectivity index (χ3n) is 4.10. The summed E-state index contributed by atoms with van der Waals surface area (Å²) in [7, 11) is 0. The molecule has 0 N–H and O–H groups in total. The minimum Gasteiger partial charge on any atom is -0.0873 e. The van der Waals surface area contributed by atoms with Crippen LogP contribution in [0.3, 0.4) is 0 Å². The van der Waals surface area contributed by atoms with Gasteiger partial charge in [0.15, 0.2) is 0 Å². The Morgan fingerprint density at radius 2 is 1.67 bits per heavy atom. The summed E-state index contributed by atoms with van der Waals surface area (Å²) in [6.07, 6.45) is 7.60. The van der Waals surface area contributed by atoms with Gasteiger partial charge in [-0.1, -0.05) is 38.5 Å². The Balaban J connectivity index is 1.97. The lowest BCUT2D eigenvalue weighted by Crippen LogP contribution is -2.54. The largest absolute Gasteiger partial charge is 0.0873 e. The van der Waals surface area contributed by atoms with E-state index < -0.39 is 0 Å². The zero-order valence-electron chi connectivity index (χ0n) is 7.10. The van der Waals surface area contributed by atoms with E-state index in [1.54, 1.807) is 6.42 Å². The van der Waals surface area contributed by atoms with E-state index in [0.29, 0.717) is 3.42 Å². The molecule has 0 aromatic heterocycles. The summed E-state index contributed by atoms with van der Waals surface area (Å²) in [6, 6.07) is 0. The Hall–Kier alpha value is 1.21. The van der Waals surface area contributed by atoms with E-state index in [0.717, 1.165) is 22.6 Å². The first-order valence-corrected chi connectivity index (χ1v) is 7.00. The Morgan fingerprint density at radius 3 is 2.17 bits per heavy atom. The highest BCUT2D eigenvalue weighted by atomic mass is 127. The lowest BCUT2D eigenvalue weighted by molar-refractivity contribution is 0.0541. The first kappa shape index (κ1) is 8.51. The van der Waals surface area contributed by atoms with E-state index in [1.165, 1.54) is 25.7 Å². The molecule has 0 heterocycles. The molecule has 4 fully saturated rings. The van der Waals surface area contributed by atoms with Crippen LogP contribution in [0.25, 0.3) is 0 Å². The molecule has 0 saturated heterocycles. The van der Waals surface area contributed by atoms with Gasteiger partial charge in [-0.3, -0.25) is 0 Å². The van der Waals surface area contributed by atoms with Gasteiger partial charge >= 0.3 is 0 Å². The smallest absolute Gasteiger partial charge is 0.0355 e. The fourth-order valence-electron chi connectivity index (χ4n) is 3.88. The molecule has 2 heteroatoms.